The molecule has 0 bridgehead atoms. The second-order valence-electron chi connectivity index (χ2n) is 9.41. The van der Waals surface area contributed by atoms with Crippen LogP contribution in [0.1, 0.15) is 33.3 Å². The first-order valence-electron chi connectivity index (χ1n) is 11.0. The van der Waals surface area contributed by atoms with Crippen LogP contribution >= 0.6 is 22.6 Å². The van der Waals surface area contributed by atoms with Gasteiger partial charge in [0.1, 0.15) is 17.7 Å². The second kappa shape index (κ2) is 8.99. The van der Waals surface area contributed by atoms with E-state index >= 15 is 0 Å². The summed E-state index contributed by atoms with van der Waals surface area (Å²) in [6.07, 6.45) is 2.65. The summed E-state index contributed by atoms with van der Waals surface area (Å²) in [7, 11) is -3.84. The van der Waals surface area contributed by atoms with Gasteiger partial charge in [0.25, 0.3) is 10.0 Å². The lowest BCUT2D eigenvalue weighted by molar-refractivity contribution is 0.0218. The lowest BCUT2D eigenvalue weighted by Gasteiger charge is -2.41. The molecule has 0 N–H and O–H groups in total. The summed E-state index contributed by atoms with van der Waals surface area (Å²) >= 11 is 2.13. The largest absolute Gasteiger partial charge is 0.444 e. The van der Waals surface area contributed by atoms with E-state index < -0.39 is 15.6 Å². The van der Waals surface area contributed by atoms with Crippen molar-refractivity contribution in [1.82, 2.24) is 18.8 Å². The van der Waals surface area contributed by atoms with E-state index in [-0.39, 0.29) is 17.0 Å². The van der Waals surface area contributed by atoms with Gasteiger partial charge in [-0.1, -0.05) is 18.2 Å². The van der Waals surface area contributed by atoms with Crippen molar-refractivity contribution in [3.63, 3.8) is 0 Å². The van der Waals surface area contributed by atoms with Crippen molar-refractivity contribution in [2.45, 2.75) is 51.2 Å². The fourth-order valence-electron chi connectivity index (χ4n) is 4.09. The molecule has 1 aliphatic heterocycles. The molecule has 0 saturated carbocycles. The number of fused-ring (bicyclic) bond motifs is 1. The Balaban J connectivity index is 1.69. The number of hydrogen-bond acceptors (Lipinski definition) is 7. The van der Waals surface area contributed by atoms with E-state index in [1.165, 1.54) is 10.3 Å². The number of piperazine rings is 1. The van der Waals surface area contributed by atoms with E-state index in [1.54, 1.807) is 36.2 Å². The van der Waals surface area contributed by atoms with E-state index in [4.69, 9.17) is 4.74 Å². The molecule has 1 saturated heterocycles. The molecule has 34 heavy (non-hydrogen) atoms. The molecule has 3 heterocycles. The highest BCUT2D eigenvalue weighted by atomic mass is 127. The molecule has 11 heteroatoms. The van der Waals surface area contributed by atoms with Crippen molar-refractivity contribution in [1.29, 1.82) is 0 Å². The van der Waals surface area contributed by atoms with E-state index in [2.05, 4.69) is 37.5 Å². The highest BCUT2D eigenvalue weighted by Gasteiger charge is 2.33. The highest BCUT2D eigenvalue weighted by Crippen LogP contribution is 2.33. The number of benzene rings is 1. The number of amides is 1. The average Bonchev–Trinajstić information content (AvgIpc) is 3.10. The maximum absolute atomic E-state index is 13.5. The van der Waals surface area contributed by atoms with Crippen LogP contribution in [0.5, 0.6) is 0 Å². The van der Waals surface area contributed by atoms with Gasteiger partial charge < -0.3 is 14.5 Å². The molecule has 1 aliphatic rings. The Morgan fingerprint density at radius 1 is 1.18 bits per heavy atom. The Labute approximate surface area is 213 Å². The Morgan fingerprint density at radius 3 is 2.53 bits per heavy atom. The van der Waals surface area contributed by atoms with Gasteiger partial charge >= 0.3 is 6.09 Å². The Bertz CT molecular complexity index is 1350. The zero-order chi connectivity index (χ0) is 24.8. The lowest BCUT2D eigenvalue weighted by atomic mass is 10.1. The predicted molar refractivity (Wildman–Crippen MR) is 139 cm³/mol. The van der Waals surface area contributed by atoms with Gasteiger partial charge in [-0.15, -0.1) is 0 Å². The van der Waals surface area contributed by atoms with Gasteiger partial charge in [-0.05, 0) is 68.8 Å². The number of ether oxygens (including phenoxy) is 1. The van der Waals surface area contributed by atoms with Crippen molar-refractivity contribution >= 4 is 55.6 Å². The molecule has 0 spiro atoms. The van der Waals surface area contributed by atoms with Gasteiger partial charge in [0.15, 0.2) is 5.65 Å². The van der Waals surface area contributed by atoms with Crippen molar-refractivity contribution < 1.29 is 17.9 Å². The number of carbonyl (C=O) groups excluding carboxylic acids is 1. The van der Waals surface area contributed by atoms with Gasteiger partial charge in [0.05, 0.1) is 10.3 Å². The predicted octanol–water partition coefficient (Wildman–Crippen LogP) is 4.03. The van der Waals surface area contributed by atoms with E-state index in [0.717, 1.165) is 3.57 Å². The quantitative estimate of drug-likeness (QED) is 0.421. The van der Waals surface area contributed by atoms with Crippen LogP contribution < -0.4 is 4.90 Å². The molecular weight excluding hydrogens is 569 g/mol. The number of carbonyl (C=O) groups is 1. The highest BCUT2D eigenvalue weighted by molar-refractivity contribution is 14.1. The van der Waals surface area contributed by atoms with Crippen LogP contribution in [0.2, 0.25) is 0 Å². The number of rotatable bonds is 3. The minimum atomic E-state index is -3.84. The smallest absolute Gasteiger partial charge is 0.410 e. The summed E-state index contributed by atoms with van der Waals surface area (Å²) in [6.45, 7) is 10.8. The molecular formula is C23H28IN5O4S. The van der Waals surface area contributed by atoms with Gasteiger partial charge in [-0.3, -0.25) is 0 Å². The third-order valence-corrected chi connectivity index (χ3v) is 8.30. The molecule has 0 aliphatic carbocycles. The number of halogens is 1. The maximum atomic E-state index is 13.5. The van der Waals surface area contributed by atoms with Crippen LogP contribution in [0.3, 0.4) is 0 Å². The molecule has 2 aromatic heterocycles. The monoisotopic (exact) mass is 597 g/mol. The van der Waals surface area contributed by atoms with Crippen LogP contribution in [0, 0.1) is 10.5 Å². The van der Waals surface area contributed by atoms with Gasteiger partial charge in [0.2, 0.25) is 0 Å². The van der Waals surface area contributed by atoms with Crippen molar-refractivity contribution in [3.8, 4) is 0 Å². The van der Waals surface area contributed by atoms with Crippen molar-refractivity contribution in [3.05, 3.63) is 45.9 Å². The molecule has 182 valence electrons. The standard InChI is InChI=1S/C23H28IN5O4S/c1-15-8-6-7-9-18(15)34(31,32)29-13-17(24)19-20(25-14-26-21(19)29)28-11-10-27(12-16(28)2)22(30)33-23(3,4)5/h6-9,13-14,16H,10-12H2,1-5H3/t16-/m1/s1. The minimum Gasteiger partial charge on any atom is -0.444 e. The van der Waals surface area contributed by atoms with Crippen LogP contribution in [0.15, 0.2) is 41.7 Å². The first kappa shape index (κ1) is 24.7. The first-order valence-corrected chi connectivity index (χ1v) is 13.5. The topological polar surface area (TPSA) is 97.6 Å². The SMILES string of the molecule is Cc1ccccc1S(=O)(=O)n1cc(I)c2c(N3CCN(C(=O)OC(C)(C)C)C[C@H]3C)ncnc21. The Hall–Kier alpha value is -2.41. The first-order chi connectivity index (χ1) is 15.9. The summed E-state index contributed by atoms with van der Waals surface area (Å²) in [5.41, 5.74) is 0.442. The number of aryl methyl sites for hydroxylation is 1. The molecule has 1 atom stereocenters. The molecule has 1 amide bonds. The normalized spacial score (nSPS) is 17.3. The fourth-order valence-corrected chi connectivity index (χ4v) is 6.59. The molecule has 1 fully saturated rings. The van der Waals surface area contributed by atoms with E-state index in [9.17, 15) is 13.2 Å². The van der Waals surface area contributed by atoms with Gasteiger partial charge in [0, 0.05) is 35.4 Å². The van der Waals surface area contributed by atoms with Crippen LogP contribution in [-0.2, 0) is 14.8 Å². The zero-order valence-corrected chi connectivity index (χ0v) is 22.8. The summed E-state index contributed by atoms with van der Waals surface area (Å²) in [5.74, 6) is 0.657. The summed E-state index contributed by atoms with van der Waals surface area (Å²) < 4.78 is 34.5. The zero-order valence-electron chi connectivity index (χ0n) is 19.8. The Kier molecular flexibility index (Phi) is 6.53. The van der Waals surface area contributed by atoms with Gasteiger partial charge in [-0.2, -0.15) is 0 Å². The molecule has 1 aromatic carbocycles. The number of aromatic nitrogens is 3. The van der Waals surface area contributed by atoms with E-state index in [0.29, 0.717) is 42.0 Å². The third-order valence-electron chi connectivity index (χ3n) is 5.67. The summed E-state index contributed by atoms with van der Waals surface area (Å²) in [6, 6.07) is 6.85. The number of anilines is 1. The minimum absolute atomic E-state index is 0.0495. The van der Waals surface area contributed by atoms with Gasteiger partial charge in [-0.25, -0.2) is 27.2 Å². The lowest BCUT2D eigenvalue weighted by Crippen LogP contribution is -2.54. The number of nitrogens with zero attached hydrogens (tertiary/aromatic N) is 5. The van der Waals surface area contributed by atoms with Crippen LogP contribution in [0.4, 0.5) is 10.6 Å². The van der Waals surface area contributed by atoms with Crippen LogP contribution in [0.25, 0.3) is 11.0 Å². The van der Waals surface area contributed by atoms with Crippen molar-refractivity contribution in [2.24, 2.45) is 0 Å². The molecule has 0 unspecified atom stereocenters. The molecule has 9 nitrogen and oxygen atoms in total. The molecule has 0 radical (unpaired) electrons. The fraction of sp³-hybridized carbons (Fsp3) is 0.435. The number of hydrogen-bond donors (Lipinski definition) is 0. The molecule has 3 aromatic rings. The van der Waals surface area contributed by atoms with Crippen molar-refractivity contribution in [2.75, 3.05) is 24.5 Å². The van der Waals surface area contributed by atoms with Crippen LogP contribution in [-0.4, -0.2) is 64.6 Å². The second-order valence-corrected chi connectivity index (χ2v) is 12.4. The summed E-state index contributed by atoms with van der Waals surface area (Å²) in [5, 5.41) is 0.679. The summed E-state index contributed by atoms with van der Waals surface area (Å²) in [4.78, 5) is 25.4. The third kappa shape index (κ3) is 4.59. The average molecular weight is 597 g/mol. The van der Waals surface area contributed by atoms with E-state index in [1.807, 2.05) is 33.8 Å². The maximum Gasteiger partial charge on any atom is 0.410 e. The molecule has 4 rings (SSSR count). The Morgan fingerprint density at radius 2 is 1.88 bits per heavy atom.